The van der Waals surface area contributed by atoms with Crippen LogP contribution in [0.15, 0.2) is 0 Å². The summed E-state index contributed by atoms with van der Waals surface area (Å²) in [5, 5.41) is 31.1. The van der Waals surface area contributed by atoms with Gasteiger partial charge in [0, 0.05) is 6.42 Å². The summed E-state index contributed by atoms with van der Waals surface area (Å²) >= 11 is 0. The van der Waals surface area contributed by atoms with E-state index in [2.05, 4.69) is 12.2 Å². The Morgan fingerprint density at radius 2 is 1.67 bits per heavy atom. The van der Waals surface area contributed by atoms with Crippen molar-refractivity contribution in [2.75, 3.05) is 6.54 Å². The maximum atomic E-state index is 11.3. The lowest BCUT2D eigenvalue weighted by Gasteiger charge is -2.24. The van der Waals surface area contributed by atoms with Crippen molar-refractivity contribution in [3.05, 3.63) is 0 Å². The van der Waals surface area contributed by atoms with Gasteiger partial charge in [-0.3, -0.25) is 9.59 Å². The van der Waals surface area contributed by atoms with E-state index < -0.39 is 23.6 Å². The molecule has 2 unspecified atom stereocenters. The van der Waals surface area contributed by atoms with Crippen LogP contribution in [0.2, 0.25) is 0 Å². The van der Waals surface area contributed by atoms with Crippen LogP contribution in [0, 0.1) is 0 Å². The molecule has 4 N–H and O–H groups in total. The largest absolute Gasteiger partial charge is 0.481 e. The first kappa shape index (κ1) is 22.9. The maximum Gasteiger partial charge on any atom is 0.320 e. The Bertz CT molecular complexity index is 357. The molecule has 0 saturated heterocycles. The van der Waals surface area contributed by atoms with Crippen LogP contribution >= 0.6 is 0 Å². The SMILES string of the molecule is CCCCCC(C)(O)CCNC(CCCCCCC(=O)O)C(=O)O. The molecule has 0 rings (SSSR count). The molecule has 0 aromatic rings. The topological polar surface area (TPSA) is 107 Å². The van der Waals surface area contributed by atoms with E-state index in [1.54, 1.807) is 0 Å². The highest BCUT2D eigenvalue weighted by Crippen LogP contribution is 2.18. The number of carboxylic acid groups (broad SMARTS) is 2. The van der Waals surface area contributed by atoms with E-state index in [1.165, 1.54) is 0 Å². The molecular weight excluding hydrogens is 310 g/mol. The van der Waals surface area contributed by atoms with E-state index in [-0.39, 0.29) is 6.42 Å². The minimum atomic E-state index is -0.869. The Morgan fingerprint density at radius 3 is 2.25 bits per heavy atom. The summed E-state index contributed by atoms with van der Waals surface area (Å²) in [5.74, 6) is -1.66. The van der Waals surface area contributed by atoms with Gasteiger partial charge >= 0.3 is 11.9 Å². The average Bonchev–Trinajstić information content (AvgIpc) is 2.48. The Hall–Kier alpha value is -1.14. The molecule has 0 aromatic carbocycles. The van der Waals surface area contributed by atoms with Gasteiger partial charge < -0.3 is 20.6 Å². The van der Waals surface area contributed by atoms with Gasteiger partial charge in [0.05, 0.1) is 5.60 Å². The van der Waals surface area contributed by atoms with Gasteiger partial charge in [-0.15, -0.1) is 0 Å². The molecule has 0 spiro atoms. The summed E-state index contributed by atoms with van der Waals surface area (Å²) < 4.78 is 0. The van der Waals surface area contributed by atoms with Crippen molar-refractivity contribution in [2.24, 2.45) is 0 Å². The van der Waals surface area contributed by atoms with Crippen molar-refractivity contribution in [1.29, 1.82) is 0 Å². The van der Waals surface area contributed by atoms with E-state index in [0.29, 0.717) is 25.8 Å². The second-order valence-electron chi connectivity index (χ2n) is 6.90. The Labute approximate surface area is 145 Å². The zero-order valence-corrected chi connectivity index (χ0v) is 15.2. The highest BCUT2D eigenvalue weighted by atomic mass is 16.4. The summed E-state index contributed by atoms with van der Waals surface area (Å²) in [6.07, 6.45) is 8.24. The Kier molecular flexibility index (Phi) is 12.6. The predicted molar refractivity (Wildman–Crippen MR) is 94.1 cm³/mol. The molecule has 0 fully saturated rings. The van der Waals surface area contributed by atoms with Gasteiger partial charge in [0.15, 0.2) is 0 Å². The lowest BCUT2D eigenvalue weighted by Crippen LogP contribution is -2.40. The van der Waals surface area contributed by atoms with Gasteiger partial charge in [0.25, 0.3) is 0 Å². The quantitative estimate of drug-likeness (QED) is 0.320. The Morgan fingerprint density at radius 1 is 1.00 bits per heavy atom. The predicted octanol–water partition coefficient (Wildman–Crippen LogP) is 3.18. The molecule has 6 nitrogen and oxygen atoms in total. The molecular formula is C18H35NO5. The van der Waals surface area contributed by atoms with Crippen LogP contribution in [0.5, 0.6) is 0 Å². The number of hydrogen-bond acceptors (Lipinski definition) is 4. The lowest BCUT2D eigenvalue weighted by molar-refractivity contribution is -0.140. The number of carbonyl (C=O) groups is 2. The molecule has 6 heteroatoms. The standard InChI is InChI=1S/C18H35NO5/c1-3-4-9-12-18(2,24)13-14-19-15(17(22)23)10-7-5-6-8-11-16(20)21/h15,19,24H,3-14H2,1-2H3,(H,20,21)(H,22,23). The molecule has 0 bridgehead atoms. The van der Waals surface area contributed by atoms with E-state index in [4.69, 9.17) is 5.11 Å². The third kappa shape index (κ3) is 13.3. The number of aliphatic hydroxyl groups is 1. The second-order valence-corrected chi connectivity index (χ2v) is 6.90. The van der Waals surface area contributed by atoms with Crippen LogP contribution in [0.3, 0.4) is 0 Å². The van der Waals surface area contributed by atoms with Gasteiger partial charge in [-0.1, -0.05) is 45.4 Å². The second kappa shape index (κ2) is 13.2. The Balaban J connectivity index is 3.91. The van der Waals surface area contributed by atoms with Gasteiger partial charge in [0.2, 0.25) is 0 Å². The number of nitrogens with one attached hydrogen (secondary N) is 1. The minimum Gasteiger partial charge on any atom is -0.481 e. The monoisotopic (exact) mass is 345 g/mol. The molecule has 24 heavy (non-hydrogen) atoms. The van der Waals surface area contributed by atoms with Gasteiger partial charge in [-0.05, 0) is 39.2 Å². The molecule has 0 aliphatic rings. The number of hydrogen-bond donors (Lipinski definition) is 4. The first-order valence-electron chi connectivity index (χ1n) is 9.19. The third-order valence-corrected chi connectivity index (χ3v) is 4.30. The van der Waals surface area contributed by atoms with Crippen LogP contribution in [-0.2, 0) is 9.59 Å². The number of unbranched alkanes of at least 4 members (excludes halogenated alkanes) is 5. The molecule has 0 aliphatic heterocycles. The highest BCUT2D eigenvalue weighted by molar-refractivity contribution is 5.73. The zero-order chi connectivity index (χ0) is 18.4. The van der Waals surface area contributed by atoms with Gasteiger partial charge in [0.1, 0.15) is 6.04 Å². The number of carboxylic acids is 2. The third-order valence-electron chi connectivity index (χ3n) is 4.30. The molecule has 0 saturated carbocycles. The molecule has 0 heterocycles. The zero-order valence-electron chi connectivity index (χ0n) is 15.2. The number of aliphatic carboxylic acids is 2. The molecule has 142 valence electrons. The summed E-state index contributed by atoms with van der Waals surface area (Å²) in [4.78, 5) is 21.7. The van der Waals surface area contributed by atoms with Crippen molar-refractivity contribution in [2.45, 2.75) is 96.1 Å². The van der Waals surface area contributed by atoms with Crippen molar-refractivity contribution >= 4 is 11.9 Å². The highest BCUT2D eigenvalue weighted by Gasteiger charge is 2.21. The number of rotatable bonds is 16. The first-order valence-corrected chi connectivity index (χ1v) is 9.19. The van der Waals surface area contributed by atoms with Crippen molar-refractivity contribution in [3.8, 4) is 0 Å². The van der Waals surface area contributed by atoms with E-state index in [9.17, 15) is 19.8 Å². The van der Waals surface area contributed by atoms with Crippen molar-refractivity contribution in [3.63, 3.8) is 0 Å². The minimum absolute atomic E-state index is 0.174. The summed E-state index contributed by atoms with van der Waals surface area (Å²) in [7, 11) is 0. The molecule has 2 atom stereocenters. The van der Waals surface area contributed by atoms with Crippen molar-refractivity contribution < 1.29 is 24.9 Å². The van der Waals surface area contributed by atoms with Crippen LogP contribution < -0.4 is 5.32 Å². The van der Waals surface area contributed by atoms with Crippen LogP contribution in [0.25, 0.3) is 0 Å². The van der Waals surface area contributed by atoms with Gasteiger partial charge in [-0.2, -0.15) is 0 Å². The molecule has 0 aliphatic carbocycles. The van der Waals surface area contributed by atoms with E-state index in [0.717, 1.165) is 44.9 Å². The molecule has 0 amide bonds. The summed E-state index contributed by atoms with van der Waals surface area (Å²) in [6, 6.07) is -0.601. The van der Waals surface area contributed by atoms with Crippen LogP contribution in [-0.4, -0.2) is 45.4 Å². The maximum absolute atomic E-state index is 11.3. The van der Waals surface area contributed by atoms with Gasteiger partial charge in [-0.25, -0.2) is 0 Å². The smallest absolute Gasteiger partial charge is 0.320 e. The summed E-state index contributed by atoms with van der Waals surface area (Å²) in [6.45, 7) is 4.41. The fourth-order valence-electron chi connectivity index (χ4n) is 2.69. The van der Waals surface area contributed by atoms with E-state index >= 15 is 0 Å². The van der Waals surface area contributed by atoms with Crippen LogP contribution in [0.1, 0.15) is 84.5 Å². The molecule has 0 aromatic heterocycles. The van der Waals surface area contributed by atoms with Crippen LogP contribution in [0.4, 0.5) is 0 Å². The van der Waals surface area contributed by atoms with Crippen molar-refractivity contribution in [1.82, 2.24) is 5.32 Å². The molecule has 0 radical (unpaired) electrons. The fourth-order valence-corrected chi connectivity index (χ4v) is 2.69. The normalized spacial score (nSPS) is 15.0. The average molecular weight is 345 g/mol. The fraction of sp³-hybridized carbons (Fsp3) is 0.889. The lowest BCUT2D eigenvalue weighted by atomic mass is 9.94. The summed E-state index contributed by atoms with van der Waals surface area (Å²) in [5.41, 5.74) is -0.748. The van der Waals surface area contributed by atoms with E-state index in [1.807, 2.05) is 6.92 Å². The first-order chi connectivity index (χ1) is 11.3.